The van der Waals surface area contributed by atoms with Crippen LogP contribution in [0, 0.1) is 0 Å². The number of aromatic nitrogens is 2. The van der Waals surface area contributed by atoms with Crippen molar-refractivity contribution in [1.29, 1.82) is 0 Å². The summed E-state index contributed by atoms with van der Waals surface area (Å²) in [6.07, 6.45) is 4.96. The summed E-state index contributed by atoms with van der Waals surface area (Å²) in [7, 11) is 0. The number of carbonyl (C=O) groups is 1. The van der Waals surface area contributed by atoms with Gasteiger partial charge >= 0.3 is 0 Å². The Morgan fingerprint density at radius 3 is 3.00 bits per heavy atom. The van der Waals surface area contributed by atoms with Crippen molar-refractivity contribution < 1.29 is 4.79 Å². The molecule has 1 aromatic carbocycles. The largest absolute Gasteiger partial charge is 0.326 e. The van der Waals surface area contributed by atoms with Crippen molar-refractivity contribution in [3.8, 4) is 0 Å². The van der Waals surface area contributed by atoms with Crippen LogP contribution in [-0.4, -0.2) is 15.7 Å². The molecule has 0 spiro atoms. The van der Waals surface area contributed by atoms with Crippen LogP contribution in [-0.2, 0) is 17.8 Å². The standard InChI is InChI=1S/C14H17N3O/c1-2-12-5-3-6-13(11-12)16-14(18)7-10-17-9-4-8-15-17/h3-6,8-9,11H,2,7,10H2,1H3,(H,16,18). The number of nitrogens with one attached hydrogen (secondary N) is 1. The smallest absolute Gasteiger partial charge is 0.226 e. The van der Waals surface area contributed by atoms with E-state index in [0.717, 1.165) is 12.1 Å². The lowest BCUT2D eigenvalue weighted by Gasteiger charge is -2.06. The van der Waals surface area contributed by atoms with Gasteiger partial charge in [0.2, 0.25) is 5.91 Å². The summed E-state index contributed by atoms with van der Waals surface area (Å²) >= 11 is 0. The average molecular weight is 243 g/mol. The highest BCUT2D eigenvalue weighted by molar-refractivity contribution is 5.90. The number of hydrogen-bond donors (Lipinski definition) is 1. The van der Waals surface area contributed by atoms with Gasteiger partial charge < -0.3 is 5.32 Å². The first-order valence-corrected chi connectivity index (χ1v) is 6.14. The summed E-state index contributed by atoms with van der Waals surface area (Å²) in [5, 5.41) is 6.96. The maximum Gasteiger partial charge on any atom is 0.226 e. The van der Waals surface area contributed by atoms with E-state index in [4.69, 9.17) is 0 Å². The van der Waals surface area contributed by atoms with Crippen molar-refractivity contribution in [2.75, 3.05) is 5.32 Å². The molecule has 2 rings (SSSR count). The van der Waals surface area contributed by atoms with E-state index in [2.05, 4.69) is 23.4 Å². The highest BCUT2D eigenvalue weighted by Crippen LogP contribution is 2.11. The Morgan fingerprint density at radius 2 is 2.28 bits per heavy atom. The van der Waals surface area contributed by atoms with Crippen LogP contribution >= 0.6 is 0 Å². The maximum atomic E-state index is 11.8. The van der Waals surface area contributed by atoms with Gasteiger partial charge in [-0.3, -0.25) is 9.48 Å². The highest BCUT2D eigenvalue weighted by atomic mass is 16.1. The number of aryl methyl sites for hydroxylation is 2. The first-order valence-electron chi connectivity index (χ1n) is 6.14. The van der Waals surface area contributed by atoms with Gasteiger partial charge in [-0.1, -0.05) is 19.1 Å². The number of anilines is 1. The van der Waals surface area contributed by atoms with E-state index < -0.39 is 0 Å². The van der Waals surface area contributed by atoms with Gasteiger partial charge in [0.15, 0.2) is 0 Å². The molecule has 4 heteroatoms. The van der Waals surface area contributed by atoms with Crippen LogP contribution in [0.1, 0.15) is 18.9 Å². The molecule has 4 nitrogen and oxygen atoms in total. The lowest BCUT2D eigenvalue weighted by atomic mass is 10.1. The molecule has 0 atom stereocenters. The van der Waals surface area contributed by atoms with Crippen LogP contribution in [0.2, 0.25) is 0 Å². The van der Waals surface area contributed by atoms with Crippen molar-refractivity contribution in [2.24, 2.45) is 0 Å². The van der Waals surface area contributed by atoms with Crippen molar-refractivity contribution in [3.05, 3.63) is 48.3 Å². The summed E-state index contributed by atoms with van der Waals surface area (Å²) in [5.74, 6) is 0.0127. The van der Waals surface area contributed by atoms with Gasteiger partial charge in [-0.2, -0.15) is 5.10 Å². The topological polar surface area (TPSA) is 46.9 Å². The van der Waals surface area contributed by atoms with E-state index in [1.807, 2.05) is 30.5 Å². The van der Waals surface area contributed by atoms with Crippen LogP contribution in [0.4, 0.5) is 5.69 Å². The zero-order valence-corrected chi connectivity index (χ0v) is 10.5. The van der Waals surface area contributed by atoms with Gasteiger partial charge in [0.1, 0.15) is 0 Å². The summed E-state index contributed by atoms with van der Waals surface area (Å²) < 4.78 is 1.75. The second-order valence-electron chi connectivity index (χ2n) is 4.12. The van der Waals surface area contributed by atoms with Gasteiger partial charge in [0, 0.05) is 31.0 Å². The maximum absolute atomic E-state index is 11.8. The Labute approximate surface area is 107 Å². The summed E-state index contributed by atoms with van der Waals surface area (Å²) in [4.78, 5) is 11.8. The number of benzene rings is 1. The van der Waals surface area contributed by atoms with Crippen LogP contribution in [0.3, 0.4) is 0 Å². The van der Waals surface area contributed by atoms with E-state index >= 15 is 0 Å². The third-order valence-electron chi connectivity index (χ3n) is 2.75. The zero-order valence-electron chi connectivity index (χ0n) is 10.5. The fourth-order valence-corrected chi connectivity index (χ4v) is 1.74. The molecule has 18 heavy (non-hydrogen) atoms. The fraction of sp³-hybridized carbons (Fsp3) is 0.286. The molecule has 0 fully saturated rings. The van der Waals surface area contributed by atoms with Crippen molar-refractivity contribution in [3.63, 3.8) is 0 Å². The molecule has 1 N–H and O–H groups in total. The summed E-state index contributed by atoms with van der Waals surface area (Å²) in [6.45, 7) is 2.70. The van der Waals surface area contributed by atoms with Crippen molar-refractivity contribution in [1.82, 2.24) is 9.78 Å². The van der Waals surface area contributed by atoms with Crippen molar-refractivity contribution >= 4 is 11.6 Å². The number of amides is 1. The molecule has 94 valence electrons. The van der Waals surface area contributed by atoms with Gasteiger partial charge in [0.05, 0.1) is 0 Å². The number of carbonyl (C=O) groups excluding carboxylic acids is 1. The van der Waals surface area contributed by atoms with Crippen LogP contribution < -0.4 is 5.32 Å². The molecule has 0 aliphatic heterocycles. The van der Waals surface area contributed by atoms with Crippen LogP contribution in [0.15, 0.2) is 42.7 Å². The minimum absolute atomic E-state index is 0.0127. The minimum atomic E-state index is 0.0127. The molecule has 0 radical (unpaired) electrons. The monoisotopic (exact) mass is 243 g/mol. The zero-order chi connectivity index (χ0) is 12.8. The van der Waals surface area contributed by atoms with Gasteiger partial charge in [-0.15, -0.1) is 0 Å². The Balaban J connectivity index is 1.86. The first kappa shape index (κ1) is 12.4. The van der Waals surface area contributed by atoms with E-state index in [0.29, 0.717) is 13.0 Å². The Hall–Kier alpha value is -2.10. The number of nitrogens with zero attached hydrogens (tertiary/aromatic N) is 2. The molecule has 0 aliphatic rings. The Morgan fingerprint density at radius 1 is 1.39 bits per heavy atom. The van der Waals surface area contributed by atoms with E-state index in [1.54, 1.807) is 10.9 Å². The molecule has 0 saturated carbocycles. The molecular weight excluding hydrogens is 226 g/mol. The molecule has 1 amide bonds. The van der Waals surface area contributed by atoms with Crippen molar-refractivity contribution in [2.45, 2.75) is 26.3 Å². The van der Waals surface area contributed by atoms with E-state index in [1.165, 1.54) is 5.56 Å². The molecular formula is C14H17N3O. The third kappa shape index (κ3) is 3.45. The predicted octanol–water partition coefficient (Wildman–Crippen LogP) is 2.47. The molecule has 2 aromatic rings. The lowest BCUT2D eigenvalue weighted by molar-refractivity contribution is -0.116. The normalized spacial score (nSPS) is 10.3. The molecule has 1 heterocycles. The lowest BCUT2D eigenvalue weighted by Crippen LogP contribution is -2.14. The quantitative estimate of drug-likeness (QED) is 0.877. The van der Waals surface area contributed by atoms with Gasteiger partial charge in [-0.05, 0) is 30.2 Å². The Kier molecular flexibility index (Phi) is 4.12. The predicted molar refractivity (Wildman–Crippen MR) is 71.3 cm³/mol. The second-order valence-corrected chi connectivity index (χ2v) is 4.12. The van der Waals surface area contributed by atoms with E-state index in [-0.39, 0.29) is 5.91 Å². The Bertz CT molecular complexity index is 506. The molecule has 0 saturated heterocycles. The fourth-order valence-electron chi connectivity index (χ4n) is 1.74. The molecule has 0 bridgehead atoms. The van der Waals surface area contributed by atoms with E-state index in [9.17, 15) is 4.79 Å². The van der Waals surface area contributed by atoms with Crippen LogP contribution in [0.25, 0.3) is 0 Å². The average Bonchev–Trinajstić information content (AvgIpc) is 2.90. The SMILES string of the molecule is CCc1cccc(NC(=O)CCn2cccn2)c1. The van der Waals surface area contributed by atoms with Gasteiger partial charge in [-0.25, -0.2) is 0 Å². The highest BCUT2D eigenvalue weighted by Gasteiger charge is 2.03. The van der Waals surface area contributed by atoms with Crippen LogP contribution in [0.5, 0.6) is 0 Å². The summed E-state index contributed by atoms with van der Waals surface area (Å²) in [6, 6.07) is 9.78. The molecule has 0 aliphatic carbocycles. The summed E-state index contributed by atoms with van der Waals surface area (Å²) in [5.41, 5.74) is 2.08. The number of hydrogen-bond acceptors (Lipinski definition) is 2. The van der Waals surface area contributed by atoms with Gasteiger partial charge in [0.25, 0.3) is 0 Å². The number of rotatable bonds is 5. The molecule has 1 aromatic heterocycles. The minimum Gasteiger partial charge on any atom is -0.326 e. The first-order chi connectivity index (χ1) is 8.78. The molecule has 0 unspecified atom stereocenters. The second kappa shape index (κ2) is 6.00. The third-order valence-corrected chi connectivity index (χ3v) is 2.75.